The van der Waals surface area contributed by atoms with Gasteiger partial charge >= 0.3 is 0 Å². The zero-order valence-electron chi connectivity index (χ0n) is 12.1. The summed E-state index contributed by atoms with van der Waals surface area (Å²) in [4.78, 5) is 4.96. The zero-order chi connectivity index (χ0) is 13.5. The van der Waals surface area contributed by atoms with Crippen LogP contribution >= 0.6 is 0 Å². The van der Waals surface area contributed by atoms with Gasteiger partial charge in [-0.2, -0.15) is 5.26 Å². The topological polar surface area (TPSA) is 41.6 Å². The number of nitriles is 1. The third-order valence-electron chi connectivity index (χ3n) is 4.74. The first-order valence-electron chi connectivity index (χ1n) is 7.64. The Kier molecular flexibility index (Phi) is 3.12. The van der Waals surface area contributed by atoms with Gasteiger partial charge < -0.3 is 4.57 Å². The van der Waals surface area contributed by atoms with E-state index in [9.17, 15) is 5.26 Å². The Hall–Kier alpha value is -1.30. The molecule has 0 spiro atoms. The molecule has 1 aromatic rings. The minimum Gasteiger partial charge on any atom is -0.331 e. The smallest absolute Gasteiger partial charge is 0.112 e. The molecule has 0 saturated heterocycles. The largest absolute Gasteiger partial charge is 0.331 e. The van der Waals surface area contributed by atoms with Crippen molar-refractivity contribution in [1.82, 2.24) is 9.55 Å². The summed E-state index contributed by atoms with van der Waals surface area (Å²) in [7, 11) is 0. The molecule has 1 fully saturated rings. The van der Waals surface area contributed by atoms with Crippen LogP contribution in [0.2, 0.25) is 0 Å². The van der Waals surface area contributed by atoms with Crippen LogP contribution in [0.1, 0.15) is 75.5 Å². The van der Waals surface area contributed by atoms with Gasteiger partial charge in [0.2, 0.25) is 0 Å². The summed E-state index contributed by atoms with van der Waals surface area (Å²) in [5.74, 6) is 1.92. The van der Waals surface area contributed by atoms with Gasteiger partial charge in [-0.15, -0.1) is 0 Å². The van der Waals surface area contributed by atoms with Crippen molar-refractivity contribution >= 4 is 0 Å². The number of hydrogen-bond donors (Lipinski definition) is 0. The molecule has 0 amide bonds. The van der Waals surface area contributed by atoms with E-state index >= 15 is 0 Å². The Morgan fingerprint density at radius 2 is 1.95 bits per heavy atom. The molecule has 0 unspecified atom stereocenters. The van der Waals surface area contributed by atoms with E-state index in [2.05, 4.69) is 10.6 Å². The first-order valence-corrected chi connectivity index (χ1v) is 7.64. The maximum atomic E-state index is 9.42. The Morgan fingerprint density at radius 1 is 1.21 bits per heavy atom. The normalized spacial score (nSPS) is 20.3. The predicted molar refractivity (Wildman–Crippen MR) is 75.0 cm³/mol. The molecule has 1 aliphatic carbocycles. The van der Waals surface area contributed by atoms with Crippen LogP contribution in [0.5, 0.6) is 0 Å². The highest BCUT2D eigenvalue weighted by atomic mass is 15.1. The Morgan fingerprint density at radius 3 is 2.63 bits per heavy atom. The molecule has 1 aliphatic heterocycles. The molecule has 0 N–H and O–H groups in total. The molecular weight excluding hydrogens is 234 g/mol. The molecule has 2 aliphatic rings. The van der Waals surface area contributed by atoms with E-state index in [0.717, 1.165) is 18.7 Å². The van der Waals surface area contributed by atoms with Crippen LogP contribution in [0.15, 0.2) is 0 Å². The number of rotatable bonds is 2. The second-order valence-corrected chi connectivity index (χ2v) is 6.59. The molecule has 3 heteroatoms. The minimum atomic E-state index is -0.453. The van der Waals surface area contributed by atoms with Crippen molar-refractivity contribution in [3.8, 4) is 6.07 Å². The average Bonchev–Trinajstić information content (AvgIpc) is 3.05. The average molecular weight is 257 g/mol. The minimum absolute atomic E-state index is 0.453. The summed E-state index contributed by atoms with van der Waals surface area (Å²) < 4.78 is 2.45. The molecule has 1 saturated carbocycles. The van der Waals surface area contributed by atoms with Crippen molar-refractivity contribution in [2.45, 2.75) is 76.7 Å². The van der Waals surface area contributed by atoms with E-state index in [4.69, 9.17) is 4.98 Å². The molecule has 1 aromatic heterocycles. The van der Waals surface area contributed by atoms with Gasteiger partial charge in [0.1, 0.15) is 5.82 Å². The number of fused-ring (bicyclic) bond motifs is 1. The Balaban J connectivity index is 2.08. The van der Waals surface area contributed by atoms with E-state index in [0.29, 0.717) is 5.92 Å². The molecule has 0 atom stereocenters. The highest BCUT2D eigenvalue weighted by molar-refractivity contribution is 5.32. The van der Waals surface area contributed by atoms with Gasteiger partial charge in [-0.3, -0.25) is 0 Å². The summed E-state index contributed by atoms with van der Waals surface area (Å²) in [6, 6.07) is 2.44. The highest BCUT2D eigenvalue weighted by Gasteiger charge is 2.33. The molecule has 2 heterocycles. The third-order valence-corrected chi connectivity index (χ3v) is 4.74. The SMILES string of the molecule is CC(C)(C#N)c1nc(C2CCCC2)n2c1CCCC2. The third kappa shape index (κ3) is 2.08. The molecule has 0 radical (unpaired) electrons. The number of aromatic nitrogens is 2. The van der Waals surface area contributed by atoms with Gasteiger partial charge in [0, 0.05) is 18.2 Å². The molecule has 0 aromatic carbocycles. The van der Waals surface area contributed by atoms with Gasteiger partial charge in [-0.1, -0.05) is 12.8 Å². The fourth-order valence-corrected chi connectivity index (χ4v) is 3.62. The maximum Gasteiger partial charge on any atom is 0.112 e. The van der Waals surface area contributed by atoms with Crippen LogP contribution in [0.4, 0.5) is 0 Å². The summed E-state index contributed by atoms with van der Waals surface area (Å²) in [5, 5.41) is 9.42. The summed E-state index contributed by atoms with van der Waals surface area (Å²) in [6.07, 6.45) is 8.83. The van der Waals surface area contributed by atoms with E-state index in [1.54, 1.807) is 0 Å². The lowest BCUT2D eigenvalue weighted by Gasteiger charge is -2.21. The molecule has 102 valence electrons. The maximum absolute atomic E-state index is 9.42. The van der Waals surface area contributed by atoms with Gasteiger partial charge in [0.15, 0.2) is 0 Å². The summed E-state index contributed by atoms with van der Waals surface area (Å²) >= 11 is 0. The fraction of sp³-hybridized carbons (Fsp3) is 0.750. The second-order valence-electron chi connectivity index (χ2n) is 6.59. The molecule has 3 nitrogen and oxygen atoms in total. The lowest BCUT2D eigenvalue weighted by atomic mass is 9.88. The van der Waals surface area contributed by atoms with E-state index in [-0.39, 0.29) is 0 Å². The summed E-state index contributed by atoms with van der Waals surface area (Å²) in [6.45, 7) is 5.11. The van der Waals surface area contributed by atoms with Crippen LogP contribution in [-0.4, -0.2) is 9.55 Å². The quantitative estimate of drug-likeness (QED) is 0.811. The van der Waals surface area contributed by atoms with Crippen molar-refractivity contribution in [3.05, 3.63) is 17.2 Å². The van der Waals surface area contributed by atoms with Crippen molar-refractivity contribution in [1.29, 1.82) is 5.26 Å². The first-order chi connectivity index (χ1) is 9.13. The molecular formula is C16H23N3. The second kappa shape index (κ2) is 4.67. The monoisotopic (exact) mass is 257 g/mol. The van der Waals surface area contributed by atoms with Crippen LogP contribution in [0.3, 0.4) is 0 Å². The van der Waals surface area contributed by atoms with Gasteiger partial charge in [0.25, 0.3) is 0 Å². The number of nitrogens with zero attached hydrogens (tertiary/aromatic N) is 3. The predicted octanol–water partition coefficient (Wildman–Crippen LogP) is 3.68. The standard InChI is InChI=1S/C16H23N3/c1-16(2,11-17)14-13-9-5-6-10-19(13)15(18-14)12-7-3-4-8-12/h12H,3-10H2,1-2H3. The molecule has 3 rings (SSSR count). The van der Waals surface area contributed by atoms with E-state index < -0.39 is 5.41 Å². The number of imidazole rings is 1. The van der Waals surface area contributed by atoms with Crippen molar-refractivity contribution in [3.63, 3.8) is 0 Å². The van der Waals surface area contributed by atoms with Crippen LogP contribution in [-0.2, 0) is 18.4 Å². The van der Waals surface area contributed by atoms with Gasteiger partial charge in [-0.25, -0.2) is 4.98 Å². The Bertz CT molecular complexity index is 513. The number of hydrogen-bond acceptors (Lipinski definition) is 2. The Labute approximate surface area is 115 Å². The fourth-order valence-electron chi connectivity index (χ4n) is 3.62. The van der Waals surface area contributed by atoms with Gasteiger partial charge in [0.05, 0.1) is 17.2 Å². The van der Waals surface area contributed by atoms with E-state index in [1.807, 2.05) is 13.8 Å². The van der Waals surface area contributed by atoms with Crippen molar-refractivity contribution in [2.75, 3.05) is 0 Å². The molecule has 0 bridgehead atoms. The highest BCUT2D eigenvalue weighted by Crippen LogP contribution is 2.38. The van der Waals surface area contributed by atoms with Crippen LogP contribution in [0, 0.1) is 11.3 Å². The van der Waals surface area contributed by atoms with Crippen molar-refractivity contribution < 1.29 is 0 Å². The lowest BCUT2D eigenvalue weighted by Crippen LogP contribution is -2.20. The van der Waals surface area contributed by atoms with E-state index in [1.165, 1.54) is 50.0 Å². The van der Waals surface area contributed by atoms with Crippen LogP contribution < -0.4 is 0 Å². The van der Waals surface area contributed by atoms with Gasteiger partial charge in [-0.05, 0) is 46.0 Å². The molecule has 19 heavy (non-hydrogen) atoms. The zero-order valence-corrected chi connectivity index (χ0v) is 12.1. The van der Waals surface area contributed by atoms with Crippen LogP contribution in [0.25, 0.3) is 0 Å². The first kappa shape index (κ1) is 12.7. The van der Waals surface area contributed by atoms with Crippen molar-refractivity contribution in [2.24, 2.45) is 0 Å². The lowest BCUT2D eigenvalue weighted by molar-refractivity contribution is 0.489. The summed E-state index contributed by atoms with van der Waals surface area (Å²) in [5.41, 5.74) is 1.95.